The van der Waals surface area contributed by atoms with Crippen molar-refractivity contribution in [3.63, 3.8) is 0 Å². The molecule has 4 rings (SSSR count). The van der Waals surface area contributed by atoms with Gasteiger partial charge in [-0.2, -0.15) is 9.36 Å². The van der Waals surface area contributed by atoms with Gasteiger partial charge >= 0.3 is 5.69 Å². The molecule has 122 valence electrons. The lowest BCUT2D eigenvalue weighted by Crippen LogP contribution is -2.45. The Bertz CT molecular complexity index is 738. The van der Waals surface area contributed by atoms with Gasteiger partial charge in [0.05, 0.1) is 6.04 Å². The zero-order chi connectivity index (χ0) is 15.8. The van der Waals surface area contributed by atoms with Crippen molar-refractivity contribution < 1.29 is 4.79 Å². The van der Waals surface area contributed by atoms with Crippen LogP contribution in [0, 0.1) is 5.92 Å². The van der Waals surface area contributed by atoms with Crippen molar-refractivity contribution in [2.24, 2.45) is 5.92 Å². The molecule has 1 saturated heterocycles. The first kappa shape index (κ1) is 14.6. The number of tetrazole rings is 1. The number of hydrogen-bond acceptors (Lipinski definition) is 5. The lowest BCUT2D eigenvalue weighted by Gasteiger charge is -2.36. The molecule has 0 atom stereocenters. The third-order valence-corrected chi connectivity index (χ3v) is 5.74. The molecule has 1 aliphatic carbocycles. The molecule has 23 heavy (non-hydrogen) atoms. The quantitative estimate of drug-likeness (QED) is 0.852. The maximum absolute atomic E-state index is 12.5. The molecule has 0 unspecified atom stereocenters. The number of amides is 1. The number of carbonyl (C=O) groups excluding carboxylic acids is 1. The van der Waals surface area contributed by atoms with E-state index in [0.29, 0.717) is 19.0 Å². The standard InChI is InChI=1S/C15H19N5O2S/c21-14(11-3-1-4-11)18-8-6-12(7-9-18)19-15(22)20(17-16-19)13-5-2-10-23-13/h2,5,10-12H,1,3-4,6-9H2. The molecule has 2 aliphatic rings. The van der Waals surface area contributed by atoms with E-state index in [-0.39, 0.29) is 17.6 Å². The zero-order valence-electron chi connectivity index (χ0n) is 12.8. The highest BCUT2D eigenvalue weighted by atomic mass is 32.1. The first-order chi connectivity index (χ1) is 11.2. The van der Waals surface area contributed by atoms with Crippen molar-refractivity contribution in [2.75, 3.05) is 13.1 Å². The lowest BCUT2D eigenvalue weighted by atomic mass is 9.84. The van der Waals surface area contributed by atoms with Gasteiger partial charge in [0.1, 0.15) is 5.00 Å². The third kappa shape index (κ3) is 2.60. The molecule has 2 fully saturated rings. The smallest absolute Gasteiger partial charge is 0.342 e. The monoisotopic (exact) mass is 333 g/mol. The number of hydrogen-bond donors (Lipinski definition) is 0. The summed E-state index contributed by atoms with van der Waals surface area (Å²) in [7, 11) is 0. The number of carbonyl (C=O) groups is 1. The minimum absolute atomic E-state index is 0.0293. The van der Waals surface area contributed by atoms with E-state index in [4.69, 9.17) is 0 Å². The SMILES string of the molecule is O=C(C1CCC1)N1CCC(n2nnn(-c3cccs3)c2=O)CC1. The van der Waals surface area contributed by atoms with Crippen LogP contribution < -0.4 is 5.69 Å². The van der Waals surface area contributed by atoms with Crippen LogP contribution in [0.1, 0.15) is 38.1 Å². The van der Waals surface area contributed by atoms with Crippen molar-refractivity contribution in [3.05, 3.63) is 28.0 Å². The van der Waals surface area contributed by atoms with Gasteiger partial charge in [0, 0.05) is 19.0 Å². The van der Waals surface area contributed by atoms with Crippen LogP contribution in [0.5, 0.6) is 0 Å². The molecule has 1 amide bonds. The molecule has 1 saturated carbocycles. The molecule has 2 aromatic heterocycles. The Hall–Kier alpha value is -1.96. The molecule has 0 aromatic carbocycles. The van der Waals surface area contributed by atoms with E-state index in [2.05, 4.69) is 10.4 Å². The van der Waals surface area contributed by atoms with Crippen molar-refractivity contribution in [1.29, 1.82) is 0 Å². The van der Waals surface area contributed by atoms with Crippen LogP contribution in [0.3, 0.4) is 0 Å². The Morgan fingerprint density at radius 1 is 1.17 bits per heavy atom. The number of aromatic nitrogens is 4. The number of likely N-dealkylation sites (tertiary alicyclic amines) is 1. The Labute approximate surface area is 137 Å². The highest BCUT2D eigenvalue weighted by Crippen LogP contribution is 2.30. The summed E-state index contributed by atoms with van der Waals surface area (Å²) in [6, 6.07) is 3.77. The first-order valence-corrected chi connectivity index (χ1v) is 8.99. The van der Waals surface area contributed by atoms with E-state index < -0.39 is 0 Å². The van der Waals surface area contributed by atoms with E-state index in [1.54, 1.807) is 0 Å². The molecule has 1 aliphatic heterocycles. The Kier molecular flexibility index (Phi) is 3.76. The molecule has 0 spiro atoms. The van der Waals surface area contributed by atoms with E-state index in [0.717, 1.165) is 30.7 Å². The summed E-state index contributed by atoms with van der Waals surface area (Å²) in [6.45, 7) is 1.41. The third-order valence-electron chi connectivity index (χ3n) is 4.89. The van der Waals surface area contributed by atoms with Crippen LogP contribution >= 0.6 is 11.3 Å². The fourth-order valence-corrected chi connectivity index (χ4v) is 3.93. The summed E-state index contributed by atoms with van der Waals surface area (Å²) in [4.78, 5) is 26.7. The number of thiophene rings is 1. The predicted molar refractivity (Wildman–Crippen MR) is 85.7 cm³/mol. The number of rotatable bonds is 3. The summed E-state index contributed by atoms with van der Waals surface area (Å²) < 4.78 is 2.82. The van der Waals surface area contributed by atoms with Gasteiger partial charge in [-0.3, -0.25) is 4.79 Å². The molecule has 2 aromatic rings. The van der Waals surface area contributed by atoms with Crippen LogP contribution in [0.15, 0.2) is 22.3 Å². The topological polar surface area (TPSA) is 73.0 Å². The fourth-order valence-electron chi connectivity index (χ4n) is 3.26. The minimum atomic E-state index is -0.198. The second-order valence-electron chi connectivity index (χ2n) is 6.25. The summed E-state index contributed by atoms with van der Waals surface area (Å²) in [6.07, 6.45) is 4.78. The largest absolute Gasteiger partial charge is 0.369 e. The van der Waals surface area contributed by atoms with E-state index in [9.17, 15) is 9.59 Å². The molecule has 8 heteroatoms. The fraction of sp³-hybridized carbons (Fsp3) is 0.600. The molecular formula is C15H19N5O2S. The minimum Gasteiger partial charge on any atom is -0.342 e. The van der Waals surface area contributed by atoms with Crippen LogP contribution in [0.4, 0.5) is 0 Å². The predicted octanol–water partition coefficient (Wildman–Crippen LogP) is 1.45. The Morgan fingerprint density at radius 2 is 1.96 bits per heavy atom. The summed E-state index contributed by atoms with van der Waals surface area (Å²) in [5.74, 6) is 0.540. The average Bonchev–Trinajstić information content (AvgIpc) is 3.15. The number of nitrogens with zero attached hydrogens (tertiary/aromatic N) is 5. The molecule has 0 bridgehead atoms. The molecule has 0 radical (unpaired) electrons. The van der Waals surface area contributed by atoms with Gasteiger partial charge in [0.25, 0.3) is 0 Å². The maximum Gasteiger partial charge on any atom is 0.369 e. The highest BCUT2D eigenvalue weighted by Gasteiger charge is 2.32. The second kappa shape index (κ2) is 5.92. The maximum atomic E-state index is 12.5. The molecule has 3 heterocycles. The van der Waals surface area contributed by atoms with Gasteiger partial charge in [-0.1, -0.05) is 6.42 Å². The van der Waals surface area contributed by atoms with Crippen LogP contribution in [0.2, 0.25) is 0 Å². The van der Waals surface area contributed by atoms with E-state index in [1.807, 2.05) is 22.4 Å². The Balaban J connectivity index is 1.44. The van der Waals surface area contributed by atoms with Crippen molar-refractivity contribution in [3.8, 4) is 5.00 Å². The average molecular weight is 333 g/mol. The van der Waals surface area contributed by atoms with Gasteiger partial charge in [0.15, 0.2) is 0 Å². The van der Waals surface area contributed by atoms with Crippen LogP contribution in [-0.4, -0.2) is 43.7 Å². The highest BCUT2D eigenvalue weighted by molar-refractivity contribution is 7.12. The zero-order valence-corrected chi connectivity index (χ0v) is 13.6. The second-order valence-corrected chi connectivity index (χ2v) is 7.18. The van der Waals surface area contributed by atoms with Gasteiger partial charge in [-0.25, -0.2) is 4.79 Å². The molecule has 7 nitrogen and oxygen atoms in total. The van der Waals surface area contributed by atoms with E-state index >= 15 is 0 Å². The van der Waals surface area contributed by atoms with Crippen molar-refractivity contribution in [2.45, 2.75) is 38.1 Å². The van der Waals surface area contributed by atoms with Crippen molar-refractivity contribution in [1.82, 2.24) is 24.7 Å². The summed E-state index contributed by atoms with van der Waals surface area (Å²) >= 11 is 1.46. The van der Waals surface area contributed by atoms with Crippen LogP contribution in [0.25, 0.3) is 5.00 Å². The van der Waals surface area contributed by atoms with Gasteiger partial charge in [0.2, 0.25) is 5.91 Å². The normalized spacial score (nSPS) is 19.7. The lowest BCUT2D eigenvalue weighted by molar-refractivity contribution is -0.139. The first-order valence-electron chi connectivity index (χ1n) is 8.11. The Morgan fingerprint density at radius 3 is 2.57 bits per heavy atom. The van der Waals surface area contributed by atoms with E-state index in [1.165, 1.54) is 27.1 Å². The van der Waals surface area contributed by atoms with Gasteiger partial charge in [-0.05, 0) is 53.6 Å². The van der Waals surface area contributed by atoms with Crippen molar-refractivity contribution >= 4 is 17.2 Å². The summed E-state index contributed by atoms with van der Waals surface area (Å²) in [5.41, 5.74) is -0.198. The van der Waals surface area contributed by atoms with Gasteiger partial charge < -0.3 is 4.90 Å². The molecular weight excluding hydrogens is 314 g/mol. The van der Waals surface area contributed by atoms with Gasteiger partial charge in [-0.15, -0.1) is 11.3 Å². The molecule has 0 N–H and O–H groups in total. The van der Waals surface area contributed by atoms with Crippen LogP contribution in [-0.2, 0) is 4.79 Å². The number of piperidine rings is 1. The summed E-state index contributed by atoms with van der Waals surface area (Å²) in [5, 5.41) is 10.7.